The van der Waals surface area contributed by atoms with Gasteiger partial charge < -0.3 is 0 Å². The third kappa shape index (κ3) is 1.67. The first-order valence-corrected chi connectivity index (χ1v) is 3.42. The molecule has 0 bridgehead atoms. The van der Waals surface area contributed by atoms with Crippen molar-refractivity contribution in [3.63, 3.8) is 0 Å². The molecular weight excluding hydrogens is 165 g/mol. The fourth-order valence-electron chi connectivity index (χ4n) is 0.879. The minimum Gasteiger partial charge on any atom is -0.207 e. The molecule has 0 radical (unpaired) electrons. The molecule has 0 amide bonds. The lowest BCUT2D eigenvalue weighted by Gasteiger charge is -1.98. The molecule has 1 aromatic carbocycles. The highest BCUT2D eigenvalue weighted by Gasteiger charge is 2.07. The fourth-order valence-corrected chi connectivity index (χ4v) is 0.879. The highest BCUT2D eigenvalue weighted by atomic mass is 19.1. The summed E-state index contributed by atoms with van der Waals surface area (Å²) in [6, 6.07) is 1.30. The van der Waals surface area contributed by atoms with E-state index in [9.17, 15) is 13.2 Å². The van der Waals surface area contributed by atoms with Crippen molar-refractivity contribution in [3.8, 4) is 0 Å². The largest absolute Gasteiger partial charge is 0.207 e. The monoisotopic (exact) mass is 172 g/mol. The highest BCUT2D eigenvalue weighted by Crippen LogP contribution is 2.15. The van der Waals surface area contributed by atoms with Gasteiger partial charge in [0.25, 0.3) is 0 Å². The van der Waals surface area contributed by atoms with Gasteiger partial charge in [0.1, 0.15) is 17.5 Å². The van der Waals surface area contributed by atoms with Crippen molar-refractivity contribution in [2.24, 2.45) is 0 Å². The SMILES string of the molecule is CC=Cc1c(F)cc(F)cc1F. The number of hydrogen-bond acceptors (Lipinski definition) is 0. The average molecular weight is 172 g/mol. The third-order valence-corrected chi connectivity index (χ3v) is 1.38. The van der Waals surface area contributed by atoms with Gasteiger partial charge in [-0.2, -0.15) is 0 Å². The lowest BCUT2D eigenvalue weighted by Crippen LogP contribution is -1.90. The lowest BCUT2D eigenvalue weighted by molar-refractivity contribution is 0.540. The maximum absolute atomic E-state index is 12.8. The Morgan fingerprint density at radius 2 is 1.58 bits per heavy atom. The van der Waals surface area contributed by atoms with Crippen LogP contribution < -0.4 is 0 Å². The van der Waals surface area contributed by atoms with Crippen molar-refractivity contribution < 1.29 is 13.2 Å². The predicted octanol–water partition coefficient (Wildman–Crippen LogP) is 3.14. The molecule has 0 saturated heterocycles. The Bertz CT molecular complexity index is 293. The Morgan fingerprint density at radius 1 is 1.08 bits per heavy atom. The topological polar surface area (TPSA) is 0 Å². The van der Waals surface area contributed by atoms with Gasteiger partial charge in [-0.3, -0.25) is 0 Å². The zero-order chi connectivity index (χ0) is 9.14. The van der Waals surface area contributed by atoms with Gasteiger partial charge in [0, 0.05) is 17.7 Å². The molecule has 0 saturated carbocycles. The molecule has 3 heteroatoms. The van der Waals surface area contributed by atoms with E-state index in [0.717, 1.165) is 0 Å². The van der Waals surface area contributed by atoms with Gasteiger partial charge >= 0.3 is 0 Å². The second-order valence-corrected chi connectivity index (χ2v) is 2.28. The molecule has 12 heavy (non-hydrogen) atoms. The van der Waals surface area contributed by atoms with Gasteiger partial charge in [-0.1, -0.05) is 12.2 Å². The van der Waals surface area contributed by atoms with E-state index in [1.165, 1.54) is 12.2 Å². The maximum Gasteiger partial charge on any atom is 0.136 e. The smallest absolute Gasteiger partial charge is 0.136 e. The molecule has 0 nitrogen and oxygen atoms in total. The standard InChI is InChI=1S/C9H7F3/c1-2-3-7-8(11)4-6(10)5-9(7)12/h2-5H,1H3. The number of allylic oxidation sites excluding steroid dienone is 1. The van der Waals surface area contributed by atoms with Crippen LogP contribution in [0.3, 0.4) is 0 Å². The quantitative estimate of drug-likeness (QED) is 0.610. The van der Waals surface area contributed by atoms with Crippen molar-refractivity contribution in [2.45, 2.75) is 6.92 Å². The van der Waals surface area contributed by atoms with Crippen LogP contribution in [0.4, 0.5) is 13.2 Å². The summed E-state index contributed by atoms with van der Waals surface area (Å²) in [6.07, 6.45) is 2.74. The molecule has 0 heterocycles. The first-order valence-electron chi connectivity index (χ1n) is 3.42. The second-order valence-electron chi connectivity index (χ2n) is 2.28. The Balaban J connectivity index is 3.28. The molecule has 64 valence electrons. The van der Waals surface area contributed by atoms with Crippen LogP contribution in [0.2, 0.25) is 0 Å². The van der Waals surface area contributed by atoms with E-state index in [1.54, 1.807) is 6.92 Å². The zero-order valence-corrected chi connectivity index (χ0v) is 6.44. The third-order valence-electron chi connectivity index (χ3n) is 1.38. The van der Waals surface area contributed by atoms with E-state index in [1.807, 2.05) is 0 Å². The number of halogens is 3. The Morgan fingerprint density at radius 3 is 2.00 bits per heavy atom. The van der Waals surface area contributed by atoms with Crippen molar-refractivity contribution in [3.05, 3.63) is 41.2 Å². The van der Waals surface area contributed by atoms with Gasteiger partial charge in [-0.25, -0.2) is 13.2 Å². The molecular formula is C9H7F3. The lowest BCUT2D eigenvalue weighted by atomic mass is 10.2. The van der Waals surface area contributed by atoms with Crippen LogP contribution in [0.25, 0.3) is 6.08 Å². The molecule has 0 atom stereocenters. The molecule has 0 aliphatic rings. The summed E-state index contributed by atoms with van der Waals surface area (Å²) in [6.45, 7) is 1.63. The Labute approximate surface area is 68.3 Å². The van der Waals surface area contributed by atoms with Crippen molar-refractivity contribution in [1.29, 1.82) is 0 Å². The van der Waals surface area contributed by atoms with Crippen molar-refractivity contribution in [1.82, 2.24) is 0 Å². The Hall–Kier alpha value is -1.25. The molecule has 1 rings (SSSR count). The maximum atomic E-state index is 12.8. The highest BCUT2D eigenvalue weighted by molar-refractivity contribution is 5.50. The molecule has 0 aliphatic carbocycles. The minimum absolute atomic E-state index is 0.209. The van der Waals surface area contributed by atoms with Crippen LogP contribution in [0.5, 0.6) is 0 Å². The van der Waals surface area contributed by atoms with E-state index >= 15 is 0 Å². The zero-order valence-electron chi connectivity index (χ0n) is 6.44. The molecule has 0 unspecified atom stereocenters. The summed E-state index contributed by atoms with van der Waals surface area (Å²) in [5.74, 6) is -2.67. The second kappa shape index (κ2) is 3.43. The molecule has 0 N–H and O–H groups in total. The molecule has 0 spiro atoms. The van der Waals surface area contributed by atoms with Gasteiger partial charge in [0.05, 0.1) is 0 Å². The minimum atomic E-state index is -0.904. The molecule has 0 aromatic heterocycles. The van der Waals surface area contributed by atoms with Crippen LogP contribution in [-0.4, -0.2) is 0 Å². The number of benzene rings is 1. The number of hydrogen-bond donors (Lipinski definition) is 0. The normalized spacial score (nSPS) is 11.0. The van der Waals surface area contributed by atoms with Crippen LogP contribution in [0.1, 0.15) is 12.5 Å². The average Bonchev–Trinajstić information content (AvgIpc) is 1.96. The van der Waals surface area contributed by atoms with Crippen molar-refractivity contribution in [2.75, 3.05) is 0 Å². The molecule has 1 aromatic rings. The fraction of sp³-hybridized carbons (Fsp3) is 0.111. The van der Waals surface area contributed by atoms with Gasteiger partial charge in [-0.05, 0) is 6.92 Å². The summed E-state index contributed by atoms with van der Waals surface area (Å²) in [4.78, 5) is 0. The van der Waals surface area contributed by atoms with Gasteiger partial charge in [0.15, 0.2) is 0 Å². The van der Waals surface area contributed by atoms with Crippen LogP contribution in [-0.2, 0) is 0 Å². The predicted molar refractivity (Wildman–Crippen MR) is 41.0 cm³/mol. The van der Waals surface area contributed by atoms with Crippen LogP contribution in [0.15, 0.2) is 18.2 Å². The van der Waals surface area contributed by atoms with E-state index in [-0.39, 0.29) is 5.56 Å². The first-order chi connectivity index (χ1) is 5.65. The summed E-state index contributed by atoms with van der Waals surface area (Å²) in [7, 11) is 0. The van der Waals surface area contributed by atoms with Crippen molar-refractivity contribution >= 4 is 6.08 Å². The van der Waals surface area contributed by atoms with E-state index in [2.05, 4.69) is 0 Å². The Kier molecular flexibility index (Phi) is 2.53. The summed E-state index contributed by atoms with van der Waals surface area (Å²) < 4.78 is 37.9. The van der Waals surface area contributed by atoms with Crippen LogP contribution in [0, 0.1) is 17.5 Å². The van der Waals surface area contributed by atoms with Gasteiger partial charge in [0.2, 0.25) is 0 Å². The first kappa shape index (κ1) is 8.84. The van der Waals surface area contributed by atoms with E-state index < -0.39 is 17.5 Å². The molecule has 0 aliphatic heterocycles. The summed E-state index contributed by atoms with van der Waals surface area (Å²) in [5, 5.41) is 0. The summed E-state index contributed by atoms with van der Waals surface area (Å²) in [5.41, 5.74) is -0.209. The summed E-state index contributed by atoms with van der Waals surface area (Å²) >= 11 is 0. The van der Waals surface area contributed by atoms with E-state index in [4.69, 9.17) is 0 Å². The molecule has 0 fully saturated rings. The van der Waals surface area contributed by atoms with Crippen LogP contribution >= 0.6 is 0 Å². The number of rotatable bonds is 1. The van der Waals surface area contributed by atoms with Gasteiger partial charge in [-0.15, -0.1) is 0 Å². The van der Waals surface area contributed by atoms with E-state index in [0.29, 0.717) is 12.1 Å².